The van der Waals surface area contributed by atoms with E-state index in [1.807, 2.05) is 19.1 Å². The number of amides is 1. The predicted molar refractivity (Wildman–Crippen MR) is 116 cm³/mol. The maximum absolute atomic E-state index is 11.7. The molecule has 0 atom stereocenters. The lowest BCUT2D eigenvalue weighted by atomic mass is 10.0. The van der Waals surface area contributed by atoms with Crippen molar-refractivity contribution in [1.29, 1.82) is 0 Å². The Morgan fingerprint density at radius 2 is 1.37 bits per heavy atom. The zero-order valence-electron chi connectivity index (χ0n) is 17.7. The van der Waals surface area contributed by atoms with Crippen LogP contribution in [0.4, 0.5) is 0 Å². The molecular formula is C24H41NO2. The highest BCUT2D eigenvalue weighted by Crippen LogP contribution is 2.13. The molecule has 1 heterocycles. The molecule has 3 heteroatoms. The Kier molecular flexibility index (Phi) is 14.5. The van der Waals surface area contributed by atoms with E-state index >= 15 is 0 Å². The first-order valence-electron chi connectivity index (χ1n) is 11.2. The molecule has 0 saturated heterocycles. The first-order valence-corrected chi connectivity index (χ1v) is 11.2. The fourth-order valence-electron chi connectivity index (χ4n) is 3.29. The molecule has 27 heavy (non-hydrogen) atoms. The van der Waals surface area contributed by atoms with Gasteiger partial charge >= 0.3 is 0 Å². The summed E-state index contributed by atoms with van der Waals surface area (Å²) < 4.78 is 5.40. The number of hydrogen-bond donors (Lipinski definition) is 1. The summed E-state index contributed by atoms with van der Waals surface area (Å²) in [5.41, 5.74) is 0. The molecule has 1 N–H and O–H groups in total. The summed E-state index contributed by atoms with van der Waals surface area (Å²) in [5, 5.41) is 2.94. The molecule has 0 aliphatic carbocycles. The summed E-state index contributed by atoms with van der Waals surface area (Å²) in [6.45, 7) is 4.93. The van der Waals surface area contributed by atoms with Crippen molar-refractivity contribution in [1.82, 2.24) is 5.32 Å². The summed E-state index contributed by atoms with van der Waals surface area (Å²) in [4.78, 5) is 11.7. The Morgan fingerprint density at radius 1 is 0.852 bits per heavy atom. The highest BCUT2D eigenvalue weighted by molar-refractivity contribution is 5.91. The lowest BCUT2D eigenvalue weighted by Crippen LogP contribution is -2.21. The molecule has 0 spiro atoms. The normalized spacial score (nSPS) is 11.3. The van der Waals surface area contributed by atoms with Crippen molar-refractivity contribution >= 4 is 12.0 Å². The first-order chi connectivity index (χ1) is 13.2. The van der Waals surface area contributed by atoms with Crippen molar-refractivity contribution in [2.45, 2.75) is 104 Å². The minimum Gasteiger partial charge on any atom is -0.462 e. The molecule has 3 nitrogen and oxygen atoms in total. The predicted octanol–water partition coefficient (Wildman–Crippen LogP) is 7.20. The summed E-state index contributed by atoms with van der Waals surface area (Å²) in [7, 11) is 0. The van der Waals surface area contributed by atoms with Crippen molar-refractivity contribution in [3.63, 3.8) is 0 Å². The van der Waals surface area contributed by atoms with Crippen molar-refractivity contribution in [2.24, 2.45) is 0 Å². The first kappa shape index (κ1) is 23.5. The van der Waals surface area contributed by atoms with Gasteiger partial charge in [0.2, 0.25) is 5.91 Å². The van der Waals surface area contributed by atoms with Crippen LogP contribution in [0.1, 0.15) is 108 Å². The van der Waals surface area contributed by atoms with Crippen LogP contribution in [0.3, 0.4) is 0 Å². The van der Waals surface area contributed by atoms with Gasteiger partial charge in [-0.3, -0.25) is 4.79 Å². The van der Waals surface area contributed by atoms with Gasteiger partial charge in [-0.15, -0.1) is 0 Å². The zero-order valence-corrected chi connectivity index (χ0v) is 17.7. The third-order valence-electron chi connectivity index (χ3n) is 4.99. The van der Waals surface area contributed by atoms with Gasteiger partial charge in [-0.25, -0.2) is 0 Å². The maximum atomic E-state index is 11.7. The number of furan rings is 1. The van der Waals surface area contributed by atoms with E-state index in [2.05, 4.69) is 12.2 Å². The van der Waals surface area contributed by atoms with Crippen LogP contribution in [0.5, 0.6) is 0 Å². The van der Waals surface area contributed by atoms with Gasteiger partial charge in [-0.1, -0.05) is 90.4 Å². The van der Waals surface area contributed by atoms with Crippen LogP contribution in [0.25, 0.3) is 6.08 Å². The molecule has 1 aromatic heterocycles. The zero-order chi connectivity index (χ0) is 19.6. The number of nitrogens with one attached hydrogen (secondary N) is 1. The largest absolute Gasteiger partial charge is 0.462 e. The number of hydrogen-bond acceptors (Lipinski definition) is 2. The van der Waals surface area contributed by atoms with E-state index < -0.39 is 0 Å². The standard InChI is InChI=1S/C24H41NO2/c1-3-4-5-6-7-8-9-10-11-12-13-14-15-16-21-25-24(26)20-19-23-18-17-22(2)27-23/h17-20H,3-16,21H2,1-2H3,(H,25,26)/b20-19+. The SMILES string of the molecule is CCCCCCCCCCCCCCCCNC(=O)/C=C/c1ccc(C)o1. The average Bonchev–Trinajstić information content (AvgIpc) is 3.08. The van der Waals surface area contributed by atoms with Crippen LogP contribution < -0.4 is 5.32 Å². The molecule has 1 amide bonds. The number of aryl methyl sites for hydroxylation is 1. The van der Waals surface area contributed by atoms with Crippen LogP contribution in [0.2, 0.25) is 0 Å². The molecule has 0 saturated carbocycles. The van der Waals surface area contributed by atoms with E-state index in [-0.39, 0.29) is 5.91 Å². The second-order valence-corrected chi connectivity index (χ2v) is 7.67. The Hall–Kier alpha value is -1.51. The molecule has 0 aliphatic rings. The second kappa shape index (κ2) is 16.6. The van der Waals surface area contributed by atoms with Gasteiger partial charge in [0.1, 0.15) is 11.5 Å². The number of carbonyl (C=O) groups excluding carboxylic acids is 1. The molecule has 0 aromatic carbocycles. The van der Waals surface area contributed by atoms with E-state index in [9.17, 15) is 4.79 Å². The third-order valence-corrected chi connectivity index (χ3v) is 4.99. The van der Waals surface area contributed by atoms with Gasteiger partial charge < -0.3 is 9.73 Å². The second-order valence-electron chi connectivity index (χ2n) is 7.67. The van der Waals surface area contributed by atoms with Crippen molar-refractivity contribution in [3.05, 3.63) is 29.7 Å². The molecular weight excluding hydrogens is 334 g/mol. The van der Waals surface area contributed by atoms with Crippen molar-refractivity contribution in [2.75, 3.05) is 6.54 Å². The molecule has 0 fully saturated rings. The fraction of sp³-hybridized carbons (Fsp3) is 0.708. The maximum Gasteiger partial charge on any atom is 0.244 e. The monoisotopic (exact) mass is 375 g/mol. The van der Waals surface area contributed by atoms with E-state index in [1.165, 1.54) is 83.5 Å². The van der Waals surface area contributed by atoms with Crippen molar-refractivity contribution in [3.8, 4) is 0 Å². The lowest BCUT2D eigenvalue weighted by molar-refractivity contribution is -0.116. The summed E-state index contributed by atoms with van der Waals surface area (Å²) >= 11 is 0. The Morgan fingerprint density at radius 3 is 1.85 bits per heavy atom. The Bertz CT molecular complexity index is 504. The van der Waals surface area contributed by atoms with Gasteiger partial charge in [0.15, 0.2) is 0 Å². The smallest absolute Gasteiger partial charge is 0.244 e. The fourth-order valence-corrected chi connectivity index (χ4v) is 3.29. The van der Waals surface area contributed by atoms with Gasteiger partial charge in [-0.2, -0.15) is 0 Å². The highest BCUT2D eigenvalue weighted by atomic mass is 16.3. The van der Waals surface area contributed by atoms with Gasteiger partial charge in [0, 0.05) is 12.6 Å². The molecule has 154 valence electrons. The molecule has 1 rings (SSSR count). The lowest BCUT2D eigenvalue weighted by Gasteiger charge is -2.04. The van der Waals surface area contributed by atoms with Gasteiger partial charge in [0.25, 0.3) is 0 Å². The molecule has 0 bridgehead atoms. The summed E-state index contributed by atoms with van der Waals surface area (Å²) in [6.07, 6.45) is 22.2. The third kappa shape index (κ3) is 14.2. The number of unbranched alkanes of at least 4 members (excludes halogenated alkanes) is 13. The Labute approximate surface area is 167 Å². The van der Waals surface area contributed by atoms with Crippen LogP contribution in [-0.2, 0) is 4.79 Å². The van der Waals surface area contributed by atoms with E-state index in [1.54, 1.807) is 12.2 Å². The quantitative estimate of drug-likeness (QED) is 0.231. The van der Waals surface area contributed by atoms with Crippen LogP contribution in [0, 0.1) is 6.92 Å². The summed E-state index contributed by atoms with van der Waals surface area (Å²) in [6, 6.07) is 3.76. The van der Waals surface area contributed by atoms with E-state index in [0.717, 1.165) is 24.5 Å². The summed E-state index contributed by atoms with van der Waals surface area (Å²) in [5.74, 6) is 1.54. The van der Waals surface area contributed by atoms with Gasteiger partial charge in [0.05, 0.1) is 0 Å². The average molecular weight is 376 g/mol. The topological polar surface area (TPSA) is 42.2 Å². The van der Waals surface area contributed by atoms with Gasteiger partial charge in [-0.05, 0) is 31.6 Å². The number of carbonyl (C=O) groups is 1. The minimum absolute atomic E-state index is 0.0428. The highest BCUT2D eigenvalue weighted by Gasteiger charge is 1.98. The molecule has 0 unspecified atom stereocenters. The molecule has 0 aliphatic heterocycles. The minimum atomic E-state index is -0.0428. The Balaban J connectivity index is 1.81. The van der Waals surface area contributed by atoms with E-state index in [0.29, 0.717) is 0 Å². The van der Waals surface area contributed by atoms with Crippen LogP contribution in [-0.4, -0.2) is 12.5 Å². The van der Waals surface area contributed by atoms with Crippen LogP contribution >= 0.6 is 0 Å². The molecule has 1 aromatic rings. The van der Waals surface area contributed by atoms with E-state index in [4.69, 9.17) is 4.42 Å². The number of rotatable bonds is 17. The van der Waals surface area contributed by atoms with Crippen LogP contribution in [0.15, 0.2) is 22.6 Å². The molecule has 0 radical (unpaired) electrons. The van der Waals surface area contributed by atoms with Crippen molar-refractivity contribution < 1.29 is 9.21 Å².